The lowest BCUT2D eigenvalue weighted by Crippen LogP contribution is -2.15. The molecule has 88 valence electrons. The first kappa shape index (κ1) is 11.9. The third kappa shape index (κ3) is 3.22. The normalized spacial score (nSPS) is 17.4. The summed E-state index contributed by atoms with van der Waals surface area (Å²) < 4.78 is 5.59. The van der Waals surface area contributed by atoms with Crippen molar-refractivity contribution in [3.8, 4) is 5.88 Å². The summed E-state index contributed by atoms with van der Waals surface area (Å²) in [7, 11) is 0. The molecule has 0 saturated heterocycles. The monoisotopic (exact) mass is 260 g/mol. The van der Waals surface area contributed by atoms with Crippen molar-refractivity contribution in [3.05, 3.63) is 16.5 Å². The third-order valence-electron chi connectivity index (χ3n) is 2.86. The van der Waals surface area contributed by atoms with Gasteiger partial charge in [-0.25, -0.2) is 4.98 Å². The molecule has 0 amide bonds. The lowest BCUT2D eigenvalue weighted by molar-refractivity contribution is 0.203. The molecular formula is C11H14Cl2N2O. The number of rotatable bonds is 3. The molecular weight excluding hydrogens is 247 g/mol. The molecule has 3 nitrogen and oxygen atoms in total. The van der Waals surface area contributed by atoms with E-state index in [1.54, 1.807) is 0 Å². The molecule has 1 aromatic rings. The zero-order chi connectivity index (χ0) is 11.4. The van der Waals surface area contributed by atoms with Crippen LogP contribution >= 0.6 is 23.2 Å². The topological polar surface area (TPSA) is 35.0 Å². The summed E-state index contributed by atoms with van der Waals surface area (Å²) in [4.78, 5) is 7.73. The molecule has 1 aliphatic rings. The van der Waals surface area contributed by atoms with Gasteiger partial charge in [0.1, 0.15) is 5.02 Å². The van der Waals surface area contributed by atoms with Crippen LogP contribution in [0, 0.1) is 5.92 Å². The fraction of sp³-hybridized carbons (Fsp3) is 0.636. The second-order valence-corrected chi connectivity index (χ2v) is 4.85. The van der Waals surface area contributed by atoms with E-state index < -0.39 is 0 Å². The molecule has 0 unspecified atom stereocenters. The highest BCUT2D eigenvalue weighted by molar-refractivity contribution is 6.32. The van der Waals surface area contributed by atoms with E-state index in [1.165, 1.54) is 38.3 Å². The van der Waals surface area contributed by atoms with E-state index in [2.05, 4.69) is 9.97 Å². The molecule has 1 aliphatic carbocycles. The van der Waals surface area contributed by atoms with E-state index in [4.69, 9.17) is 27.9 Å². The van der Waals surface area contributed by atoms with Crippen LogP contribution in [-0.2, 0) is 0 Å². The van der Waals surface area contributed by atoms with Gasteiger partial charge in [-0.1, -0.05) is 30.9 Å². The zero-order valence-electron chi connectivity index (χ0n) is 8.96. The predicted molar refractivity (Wildman–Crippen MR) is 64.1 cm³/mol. The molecule has 0 aliphatic heterocycles. The van der Waals surface area contributed by atoms with Gasteiger partial charge < -0.3 is 4.74 Å². The van der Waals surface area contributed by atoms with E-state index in [0.29, 0.717) is 23.4 Å². The van der Waals surface area contributed by atoms with Crippen LogP contribution in [0.25, 0.3) is 0 Å². The summed E-state index contributed by atoms with van der Waals surface area (Å²) in [6.45, 7) is 0.674. The summed E-state index contributed by atoms with van der Waals surface area (Å²) >= 11 is 11.6. The van der Waals surface area contributed by atoms with E-state index in [0.717, 1.165) is 0 Å². The molecule has 2 rings (SSSR count). The van der Waals surface area contributed by atoms with E-state index >= 15 is 0 Å². The summed E-state index contributed by atoms with van der Waals surface area (Å²) in [6, 6.07) is 0. The minimum atomic E-state index is 0.169. The first-order valence-corrected chi connectivity index (χ1v) is 6.32. The first-order chi connectivity index (χ1) is 7.75. The molecule has 1 fully saturated rings. The van der Waals surface area contributed by atoms with Gasteiger partial charge in [0.15, 0.2) is 0 Å². The molecule has 0 bridgehead atoms. The fourth-order valence-corrected chi connectivity index (χ4v) is 2.25. The highest BCUT2D eigenvalue weighted by atomic mass is 35.5. The maximum absolute atomic E-state index is 5.91. The molecule has 0 spiro atoms. The molecule has 16 heavy (non-hydrogen) atoms. The Balaban J connectivity index is 1.90. The van der Waals surface area contributed by atoms with Crippen LogP contribution in [0.2, 0.25) is 10.3 Å². The van der Waals surface area contributed by atoms with Gasteiger partial charge in [0, 0.05) is 0 Å². The standard InChI is InChI=1S/C11H14Cl2N2O/c12-9-6-14-11(13)15-10(9)16-7-8-4-2-1-3-5-8/h6,8H,1-5,7H2. The molecule has 1 aromatic heterocycles. The van der Waals surface area contributed by atoms with Crippen LogP contribution in [0.1, 0.15) is 32.1 Å². The van der Waals surface area contributed by atoms with Crippen LogP contribution in [0.15, 0.2) is 6.20 Å². The lowest BCUT2D eigenvalue weighted by Gasteiger charge is -2.21. The maximum atomic E-state index is 5.91. The van der Waals surface area contributed by atoms with Crippen molar-refractivity contribution in [2.75, 3.05) is 6.61 Å². The molecule has 5 heteroatoms. The summed E-state index contributed by atoms with van der Waals surface area (Å²) in [5, 5.41) is 0.586. The van der Waals surface area contributed by atoms with Crippen LogP contribution in [0.4, 0.5) is 0 Å². The third-order valence-corrected chi connectivity index (χ3v) is 3.30. The quantitative estimate of drug-likeness (QED) is 0.777. The Morgan fingerprint density at radius 2 is 2.00 bits per heavy atom. The zero-order valence-corrected chi connectivity index (χ0v) is 10.5. The van der Waals surface area contributed by atoms with E-state index in [9.17, 15) is 0 Å². The molecule has 0 aromatic carbocycles. The van der Waals surface area contributed by atoms with Crippen molar-refractivity contribution in [1.82, 2.24) is 9.97 Å². The molecule has 0 N–H and O–H groups in total. The Kier molecular flexibility index (Phi) is 4.24. The van der Waals surface area contributed by atoms with Gasteiger partial charge in [0.25, 0.3) is 0 Å². The van der Waals surface area contributed by atoms with Crippen LogP contribution in [0.5, 0.6) is 5.88 Å². The maximum Gasteiger partial charge on any atom is 0.237 e. The largest absolute Gasteiger partial charge is 0.476 e. The minimum absolute atomic E-state index is 0.169. The van der Waals surface area contributed by atoms with Crippen LogP contribution < -0.4 is 4.74 Å². The predicted octanol–water partition coefficient (Wildman–Crippen LogP) is 3.74. The fourth-order valence-electron chi connectivity index (χ4n) is 1.98. The average molecular weight is 261 g/mol. The van der Waals surface area contributed by atoms with Crippen molar-refractivity contribution in [3.63, 3.8) is 0 Å². The number of halogens is 2. The Hall–Kier alpha value is -0.540. The van der Waals surface area contributed by atoms with Gasteiger partial charge in [0.2, 0.25) is 11.2 Å². The average Bonchev–Trinajstić information content (AvgIpc) is 2.32. The summed E-state index contributed by atoms with van der Waals surface area (Å²) in [5.74, 6) is 1.02. The number of aromatic nitrogens is 2. The van der Waals surface area contributed by atoms with Crippen molar-refractivity contribution in [2.24, 2.45) is 5.92 Å². The van der Waals surface area contributed by atoms with Gasteiger partial charge in [-0.3, -0.25) is 0 Å². The number of nitrogens with zero attached hydrogens (tertiary/aromatic N) is 2. The Morgan fingerprint density at radius 1 is 1.25 bits per heavy atom. The van der Waals surface area contributed by atoms with Crippen molar-refractivity contribution < 1.29 is 4.74 Å². The Labute approximate surface area is 105 Å². The minimum Gasteiger partial charge on any atom is -0.476 e. The van der Waals surface area contributed by atoms with Crippen LogP contribution in [0.3, 0.4) is 0 Å². The molecule has 0 radical (unpaired) electrons. The second-order valence-electron chi connectivity index (χ2n) is 4.11. The number of ether oxygens (including phenoxy) is 1. The summed E-state index contributed by atoms with van der Waals surface area (Å²) in [6.07, 6.45) is 7.87. The molecule has 1 saturated carbocycles. The van der Waals surface area contributed by atoms with Crippen molar-refractivity contribution in [2.45, 2.75) is 32.1 Å². The smallest absolute Gasteiger partial charge is 0.237 e. The van der Waals surface area contributed by atoms with Gasteiger partial charge >= 0.3 is 0 Å². The van der Waals surface area contributed by atoms with Crippen molar-refractivity contribution >= 4 is 23.2 Å². The SMILES string of the molecule is Clc1ncc(Cl)c(OCC2CCCCC2)n1. The Morgan fingerprint density at radius 3 is 2.75 bits per heavy atom. The number of hydrogen-bond acceptors (Lipinski definition) is 3. The summed E-state index contributed by atoms with van der Waals surface area (Å²) in [5.41, 5.74) is 0. The van der Waals surface area contributed by atoms with E-state index in [1.807, 2.05) is 0 Å². The molecule has 0 atom stereocenters. The number of hydrogen-bond donors (Lipinski definition) is 0. The van der Waals surface area contributed by atoms with Crippen LogP contribution in [-0.4, -0.2) is 16.6 Å². The first-order valence-electron chi connectivity index (χ1n) is 5.56. The highest BCUT2D eigenvalue weighted by Gasteiger charge is 2.15. The van der Waals surface area contributed by atoms with Crippen molar-refractivity contribution in [1.29, 1.82) is 0 Å². The second kappa shape index (κ2) is 5.69. The lowest BCUT2D eigenvalue weighted by atomic mass is 9.90. The van der Waals surface area contributed by atoms with Gasteiger partial charge in [-0.15, -0.1) is 0 Å². The van der Waals surface area contributed by atoms with Gasteiger partial charge in [-0.05, 0) is 30.4 Å². The molecule has 1 heterocycles. The Bertz CT molecular complexity index is 354. The van der Waals surface area contributed by atoms with Gasteiger partial charge in [0.05, 0.1) is 12.8 Å². The van der Waals surface area contributed by atoms with E-state index in [-0.39, 0.29) is 5.28 Å². The highest BCUT2D eigenvalue weighted by Crippen LogP contribution is 2.26. The van der Waals surface area contributed by atoms with Gasteiger partial charge in [-0.2, -0.15) is 4.98 Å².